The summed E-state index contributed by atoms with van der Waals surface area (Å²) in [4.78, 5) is 13.8. The van der Waals surface area contributed by atoms with Crippen molar-refractivity contribution >= 4 is 5.97 Å². The highest BCUT2D eigenvalue weighted by molar-refractivity contribution is 5.79. The van der Waals surface area contributed by atoms with Crippen LogP contribution in [0.5, 0.6) is 0 Å². The number of rotatable bonds is 5. The van der Waals surface area contributed by atoms with E-state index in [1.54, 1.807) is 0 Å². The van der Waals surface area contributed by atoms with Crippen LogP contribution in [0.3, 0.4) is 0 Å². The van der Waals surface area contributed by atoms with Gasteiger partial charge in [-0.15, -0.1) is 0 Å². The van der Waals surface area contributed by atoms with Gasteiger partial charge in [0.1, 0.15) is 5.54 Å². The Hall–Kier alpha value is -0.610. The van der Waals surface area contributed by atoms with Crippen molar-refractivity contribution in [1.82, 2.24) is 10.2 Å². The first-order valence-electron chi connectivity index (χ1n) is 6.40. The van der Waals surface area contributed by atoms with Crippen LogP contribution in [-0.4, -0.2) is 47.2 Å². The summed E-state index contributed by atoms with van der Waals surface area (Å²) in [6, 6.07) is 0.467. The third kappa shape index (κ3) is 2.55. The van der Waals surface area contributed by atoms with E-state index in [4.69, 9.17) is 0 Å². The van der Waals surface area contributed by atoms with Crippen molar-refractivity contribution in [3.63, 3.8) is 0 Å². The Morgan fingerprint density at radius 1 is 1.44 bits per heavy atom. The van der Waals surface area contributed by atoms with E-state index in [2.05, 4.69) is 17.1 Å². The fourth-order valence-corrected chi connectivity index (χ4v) is 2.51. The number of carboxylic acids is 1. The molecular weight excluding hydrogens is 204 g/mol. The summed E-state index contributed by atoms with van der Waals surface area (Å²) in [7, 11) is 0. The third-order valence-corrected chi connectivity index (χ3v) is 3.72. The highest BCUT2D eigenvalue weighted by Gasteiger charge is 2.44. The molecule has 1 saturated heterocycles. The second-order valence-corrected chi connectivity index (χ2v) is 5.15. The number of aliphatic carboxylic acids is 1. The average Bonchev–Trinajstić information content (AvgIpc) is 3.05. The molecule has 92 valence electrons. The second kappa shape index (κ2) is 4.72. The summed E-state index contributed by atoms with van der Waals surface area (Å²) in [5.41, 5.74) is -0.634. The van der Waals surface area contributed by atoms with E-state index < -0.39 is 11.5 Å². The molecule has 0 aromatic heterocycles. The largest absolute Gasteiger partial charge is 0.480 e. The Bertz CT molecular complexity index is 256. The van der Waals surface area contributed by atoms with E-state index in [0.29, 0.717) is 6.04 Å². The molecule has 0 unspecified atom stereocenters. The van der Waals surface area contributed by atoms with E-state index in [9.17, 15) is 9.90 Å². The molecule has 1 aliphatic carbocycles. The van der Waals surface area contributed by atoms with Crippen LogP contribution in [0, 0.1) is 0 Å². The number of hydrogen-bond donors (Lipinski definition) is 2. The normalized spacial score (nSPS) is 25.6. The predicted octanol–water partition coefficient (Wildman–Crippen LogP) is 1.07. The molecule has 1 heterocycles. The molecule has 16 heavy (non-hydrogen) atoms. The van der Waals surface area contributed by atoms with Gasteiger partial charge in [-0.1, -0.05) is 6.92 Å². The van der Waals surface area contributed by atoms with E-state index >= 15 is 0 Å². The lowest BCUT2D eigenvalue weighted by Gasteiger charge is -2.39. The first kappa shape index (κ1) is 11.9. The third-order valence-electron chi connectivity index (χ3n) is 3.72. The van der Waals surface area contributed by atoms with Crippen molar-refractivity contribution in [3.8, 4) is 0 Å². The fourth-order valence-electron chi connectivity index (χ4n) is 2.51. The minimum atomic E-state index is -0.657. The molecule has 4 nitrogen and oxygen atoms in total. The van der Waals surface area contributed by atoms with Gasteiger partial charge in [0.25, 0.3) is 0 Å². The van der Waals surface area contributed by atoms with Gasteiger partial charge < -0.3 is 10.0 Å². The van der Waals surface area contributed by atoms with Gasteiger partial charge >= 0.3 is 5.97 Å². The number of carboxylic acid groups (broad SMARTS) is 1. The zero-order valence-electron chi connectivity index (χ0n) is 10.0. The topological polar surface area (TPSA) is 52.6 Å². The molecule has 0 bridgehead atoms. The lowest BCUT2D eigenvalue weighted by molar-refractivity contribution is -0.147. The van der Waals surface area contributed by atoms with Crippen LogP contribution in [0.2, 0.25) is 0 Å². The molecule has 0 radical (unpaired) electrons. The summed E-state index contributed by atoms with van der Waals surface area (Å²) in [5, 5.41) is 12.7. The van der Waals surface area contributed by atoms with E-state index in [-0.39, 0.29) is 0 Å². The Labute approximate surface area is 97.0 Å². The van der Waals surface area contributed by atoms with Crippen LogP contribution < -0.4 is 5.32 Å². The lowest BCUT2D eigenvalue weighted by atomic mass is 9.87. The van der Waals surface area contributed by atoms with Crippen LogP contribution in [0.1, 0.15) is 39.0 Å². The van der Waals surface area contributed by atoms with Crippen molar-refractivity contribution in [3.05, 3.63) is 0 Å². The maximum Gasteiger partial charge on any atom is 0.324 e. The summed E-state index contributed by atoms with van der Waals surface area (Å²) in [5.74, 6) is -0.657. The number of nitrogens with one attached hydrogen (secondary N) is 1. The van der Waals surface area contributed by atoms with Crippen molar-refractivity contribution in [2.45, 2.75) is 50.6 Å². The lowest BCUT2D eigenvalue weighted by Crippen LogP contribution is -2.59. The molecule has 1 saturated carbocycles. The molecule has 0 aromatic rings. The number of piperidine rings is 1. The van der Waals surface area contributed by atoms with Crippen LogP contribution >= 0.6 is 0 Å². The van der Waals surface area contributed by atoms with Gasteiger partial charge in [0, 0.05) is 19.1 Å². The molecule has 4 heteroatoms. The highest BCUT2D eigenvalue weighted by Crippen LogP contribution is 2.29. The highest BCUT2D eigenvalue weighted by atomic mass is 16.4. The van der Waals surface area contributed by atoms with E-state index in [1.807, 2.05) is 0 Å². The molecule has 0 atom stereocenters. The van der Waals surface area contributed by atoms with E-state index in [0.717, 1.165) is 51.7 Å². The smallest absolute Gasteiger partial charge is 0.324 e. The first-order valence-corrected chi connectivity index (χ1v) is 6.40. The molecule has 2 rings (SSSR count). The Morgan fingerprint density at radius 2 is 2.06 bits per heavy atom. The van der Waals surface area contributed by atoms with Crippen LogP contribution in [0.4, 0.5) is 0 Å². The molecule has 2 N–H and O–H groups in total. The summed E-state index contributed by atoms with van der Waals surface area (Å²) < 4.78 is 0. The van der Waals surface area contributed by atoms with Gasteiger partial charge in [-0.25, -0.2) is 0 Å². The quantitative estimate of drug-likeness (QED) is 0.736. The maximum atomic E-state index is 11.4. The average molecular weight is 226 g/mol. The zero-order chi connectivity index (χ0) is 11.6. The fraction of sp³-hybridized carbons (Fsp3) is 0.917. The summed E-state index contributed by atoms with van der Waals surface area (Å²) >= 11 is 0. The standard InChI is InChI=1S/C12H22N2O2/c1-2-7-14-8-5-12(6-9-14,11(15)16)13-10-3-4-10/h10,13H,2-9H2,1H3,(H,15,16). The van der Waals surface area contributed by atoms with Gasteiger partial charge in [-0.3, -0.25) is 10.1 Å². The summed E-state index contributed by atoms with van der Waals surface area (Å²) in [6.45, 7) is 5.10. The SMILES string of the molecule is CCCN1CCC(NC2CC2)(C(=O)O)CC1. The number of carbonyl (C=O) groups is 1. The zero-order valence-corrected chi connectivity index (χ0v) is 10.0. The number of nitrogens with zero attached hydrogens (tertiary/aromatic N) is 1. The van der Waals surface area contributed by atoms with Gasteiger partial charge in [-0.2, -0.15) is 0 Å². The van der Waals surface area contributed by atoms with Crippen LogP contribution in [0.25, 0.3) is 0 Å². The maximum absolute atomic E-state index is 11.4. The molecule has 2 aliphatic rings. The Balaban J connectivity index is 1.92. The van der Waals surface area contributed by atoms with Gasteiger partial charge in [0.15, 0.2) is 0 Å². The molecule has 0 spiro atoms. The predicted molar refractivity (Wildman–Crippen MR) is 62.5 cm³/mol. The van der Waals surface area contributed by atoms with Crippen molar-refractivity contribution in [2.75, 3.05) is 19.6 Å². The monoisotopic (exact) mass is 226 g/mol. The van der Waals surface area contributed by atoms with Crippen LogP contribution in [-0.2, 0) is 4.79 Å². The Kier molecular flexibility index (Phi) is 3.50. The molecule has 1 aliphatic heterocycles. The molecule has 0 aromatic carbocycles. The second-order valence-electron chi connectivity index (χ2n) is 5.15. The minimum absolute atomic E-state index is 0.467. The van der Waals surface area contributed by atoms with Gasteiger partial charge in [-0.05, 0) is 38.6 Å². The van der Waals surface area contributed by atoms with Crippen molar-refractivity contribution < 1.29 is 9.90 Å². The first-order chi connectivity index (χ1) is 7.66. The van der Waals surface area contributed by atoms with E-state index in [1.165, 1.54) is 0 Å². The molecular formula is C12H22N2O2. The van der Waals surface area contributed by atoms with Crippen molar-refractivity contribution in [2.24, 2.45) is 0 Å². The van der Waals surface area contributed by atoms with Gasteiger partial charge in [0.05, 0.1) is 0 Å². The number of hydrogen-bond acceptors (Lipinski definition) is 3. The van der Waals surface area contributed by atoms with Crippen LogP contribution in [0.15, 0.2) is 0 Å². The van der Waals surface area contributed by atoms with Gasteiger partial charge in [0.2, 0.25) is 0 Å². The molecule has 2 fully saturated rings. The number of likely N-dealkylation sites (tertiary alicyclic amines) is 1. The van der Waals surface area contributed by atoms with Crippen molar-refractivity contribution in [1.29, 1.82) is 0 Å². The molecule has 0 amide bonds. The summed E-state index contributed by atoms with van der Waals surface area (Å²) in [6.07, 6.45) is 4.94. The Morgan fingerprint density at radius 3 is 2.50 bits per heavy atom. The minimum Gasteiger partial charge on any atom is -0.480 e.